The zero-order valence-electron chi connectivity index (χ0n) is 21.0. The second-order valence-corrected chi connectivity index (χ2v) is 8.65. The Morgan fingerprint density at radius 1 is 0.688 bits per heavy atom. The monoisotopic (exact) mass is 490 g/mol. The van der Waals surface area contributed by atoms with Gasteiger partial charge in [0.25, 0.3) is 0 Å². The van der Waals surface area contributed by atoms with E-state index in [1.807, 2.05) is 0 Å². The van der Waals surface area contributed by atoms with Gasteiger partial charge in [0.1, 0.15) is 0 Å². The van der Waals surface area contributed by atoms with E-state index in [1.165, 1.54) is 83.5 Å². The summed E-state index contributed by atoms with van der Waals surface area (Å²) in [5.74, 6) is -2.51. The molecule has 0 saturated carbocycles. The third-order valence-electron chi connectivity index (χ3n) is 4.60. The summed E-state index contributed by atoms with van der Waals surface area (Å²) in [6.07, 6.45) is 21.6. The van der Waals surface area contributed by atoms with Gasteiger partial charge in [0.05, 0.1) is 6.61 Å². The minimum Gasteiger partial charge on any atom is -1.00 e. The van der Waals surface area contributed by atoms with Gasteiger partial charge in [0.2, 0.25) is 0 Å². The van der Waals surface area contributed by atoms with Gasteiger partial charge in [-0.2, -0.15) is 8.42 Å². The Morgan fingerprint density at radius 3 is 1.22 bits per heavy atom. The molecule has 0 aromatic heterocycles. The molecule has 0 aliphatic carbocycles. The van der Waals surface area contributed by atoms with Gasteiger partial charge in [-0.15, -0.1) is 0 Å². The molecule has 0 unspecified atom stereocenters. The van der Waals surface area contributed by atoms with Crippen LogP contribution in [-0.2, 0) is 24.2 Å². The van der Waals surface area contributed by atoms with Gasteiger partial charge in [-0.25, -0.2) is 13.8 Å². The quantitative estimate of drug-likeness (QED) is 0.102. The minimum atomic E-state index is -4.24. The van der Waals surface area contributed by atoms with Crippen LogP contribution in [0.25, 0.3) is 0 Å². The molecule has 8 nitrogen and oxygen atoms in total. The summed E-state index contributed by atoms with van der Waals surface area (Å²) in [5.41, 5.74) is 0. The normalized spacial score (nSPS) is 10.9. The van der Waals surface area contributed by atoms with Gasteiger partial charge in [0.15, 0.2) is 0 Å². The Labute approximate surface area is 217 Å². The maximum atomic E-state index is 10.3. The van der Waals surface area contributed by atoms with Crippen molar-refractivity contribution < 1.29 is 67.9 Å². The number of aliphatic carboxylic acids is 2. The number of carboxylic acids is 2. The summed E-state index contributed by atoms with van der Waals surface area (Å²) in [6, 6.07) is 0. The first-order valence-corrected chi connectivity index (χ1v) is 12.8. The molecule has 3 N–H and O–H groups in total. The molecule has 0 heterocycles. The van der Waals surface area contributed by atoms with E-state index in [4.69, 9.17) is 14.8 Å². The van der Waals surface area contributed by atoms with Crippen LogP contribution >= 0.6 is 0 Å². The number of hydrogen-bond donors (Lipinski definition) is 3. The molecular formula is C22H43NaO8S. The van der Waals surface area contributed by atoms with Crippen LogP contribution in [0.15, 0.2) is 12.2 Å². The van der Waals surface area contributed by atoms with E-state index in [9.17, 15) is 18.0 Å². The summed E-state index contributed by atoms with van der Waals surface area (Å²) < 4.78 is 33.3. The molecule has 0 saturated heterocycles. The minimum absolute atomic E-state index is 0. The van der Waals surface area contributed by atoms with Crippen molar-refractivity contribution in [2.75, 3.05) is 6.61 Å². The Bertz CT molecular complexity index is 555. The van der Waals surface area contributed by atoms with Crippen molar-refractivity contribution in [2.24, 2.45) is 0 Å². The van der Waals surface area contributed by atoms with Crippen molar-refractivity contribution in [3.05, 3.63) is 12.2 Å². The molecule has 0 bridgehead atoms. The predicted octanol–water partition coefficient (Wildman–Crippen LogP) is 2.90. The van der Waals surface area contributed by atoms with Gasteiger partial charge in [-0.3, -0.25) is 4.55 Å². The van der Waals surface area contributed by atoms with Crippen LogP contribution in [0.4, 0.5) is 0 Å². The number of carboxylic acid groups (broad SMARTS) is 2. The maximum absolute atomic E-state index is 10.3. The van der Waals surface area contributed by atoms with Crippen LogP contribution in [0.5, 0.6) is 0 Å². The van der Waals surface area contributed by atoms with Gasteiger partial charge < -0.3 is 11.6 Å². The van der Waals surface area contributed by atoms with Crippen LogP contribution < -0.4 is 29.6 Å². The van der Waals surface area contributed by atoms with Crippen LogP contribution in [0.1, 0.15) is 111 Å². The smallest absolute Gasteiger partial charge is 1.00 e. The van der Waals surface area contributed by atoms with Crippen LogP contribution in [0, 0.1) is 0 Å². The van der Waals surface area contributed by atoms with E-state index in [0.717, 1.165) is 12.8 Å². The van der Waals surface area contributed by atoms with Gasteiger partial charge >= 0.3 is 51.9 Å². The molecule has 0 aliphatic heterocycles. The predicted molar refractivity (Wildman–Crippen MR) is 123 cm³/mol. The van der Waals surface area contributed by atoms with Crippen molar-refractivity contribution >= 4 is 22.3 Å². The molecule has 0 spiro atoms. The zero-order valence-corrected chi connectivity index (χ0v) is 22.8. The zero-order chi connectivity index (χ0) is 23.8. The largest absolute Gasteiger partial charge is 1.00 e. The fraction of sp³-hybridized carbons (Fsp3) is 0.818. The molecular weight excluding hydrogens is 447 g/mol. The molecule has 0 aliphatic rings. The van der Waals surface area contributed by atoms with E-state index >= 15 is 0 Å². The van der Waals surface area contributed by atoms with Gasteiger partial charge in [0, 0.05) is 12.2 Å². The Kier molecular flexibility index (Phi) is 30.3. The van der Waals surface area contributed by atoms with Crippen LogP contribution in [0.2, 0.25) is 0 Å². The fourth-order valence-electron chi connectivity index (χ4n) is 2.96. The third kappa shape index (κ3) is 40.0. The van der Waals surface area contributed by atoms with Crippen molar-refractivity contribution in [1.29, 1.82) is 0 Å². The maximum Gasteiger partial charge on any atom is 1.00 e. The van der Waals surface area contributed by atoms with E-state index in [2.05, 4.69) is 11.1 Å². The first kappa shape index (κ1) is 36.1. The second kappa shape index (κ2) is 26.8. The van der Waals surface area contributed by atoms with Crippen LogP contribution in [-0.4, -0.2) is 41.7 Å². The molecule has 0 rings (SSSR count). The molecule has 0 fully saturated rings. The average Bonchev–Trinajstić information content (AvgIpc) is 2.68. The van der Waals surface area contributed by atoms with Crippen molar-refractivity contribution in [2.45, 2.75) is 110 Å². The van der Waals surface area contributed by atoms with E-state index < -0.39 is 22.3 Å². The molecule has 10 heteroatoms. The van der Waals surface area contributed by atoms with Crippen molar-refractivity contribution in [3.63, 3.8) is 0 Å². The molecule has 0 aromatic carbocycles. The molecule has 0 atom stereocenters. The molecule has 0 amide bonds. The fourth-order valence-corrected chi connectivity index (χ4v) is 3.29. The van der Waals surface area contributed by atoms with Crippen LogP contribution in [0.3, 0.4) is 0 Å². The second-order valence-electron chi connectivity index (χ2n) is 7.56. The molecule has 32 heavy (non-hydrogen) atoms. The number of unbranched alkanes of at least 4 members (excludes halogenated alkanes) is 15. The molecule has 0 aromatic rings. The van der Waals surface area contributed by atoms with Crippen molar-refractivity contribution in [1.82, 2.24) is 0 Å². The average molecular weight is 491 g/mol. The summed E-state index contributed by atoms with van der Waals surface area (Å²) >= 11 is 0. The van der Waals surface area contributed by atoms with E-state index in [0.29, 0.717) is 18.6 Å². The Hall–Kier alpha value is -0.450. The van der Waals surface area contributed by atoms with Crippen molar-refractivity contribution in [3.8, 4) is 0 Å². The summed E-state index contributed by atoms with van der Waals surface area (Å²) in [6.45, 7) is 2.36. The summed E-state index contributed by atoms with van der Waals surface area (Å²) in [5, 5.41) is 15.6. The molecule has 186 valence electrons. The summed E-state index contributed by atoms with van der Waals surface area (Å²) in [7, 11) is -4.24. The third-order valence-corrected chi connectivity index (χ3v) is 5.06. The molecule has 0 radical (unpaired) electrons. The Morgan fingerprint density at radius 2 is 0.969 bits per heavy atom. The van der Waals surface area contributed by atoms with E-state index in [-0.39, 0.29) is 37.6 Å². The standard InChI is InChI=1S/C18H38O4S.C4H4O4.Na.H/c1-2-3-4-5-6-7-8-9-10-11-12-13-14-15-16-17-18-22-23(19,20)21;5-3(6)1-2-4(7)8;;/h2-18H2,1H3,(H,19,20,21);1-2H,(H,5,6)(H,7,8);;/q;;+1;-1. The van der Waals surface area contributed by atoms with Gasteiger partial charge in [-0.1, -0.05) is 103 Å². The number of carbonyl (C=O) groups is 2. The Balaban J connectivity index is -0.000000360. The van der Waals surface area contributed by atoms with Gasteiger partial charge in [-0.05, 0) is 6.42 Å². The first-order chi connectivity index (χ1) is 14.7. The topological polar surface area (TPSA) is 138 Å². The van der Waals surface area contributed by atoms with E-state index in [1.54, 1.807) is 0 Å². The SMILES string of the molecule is CCCCCCCCCCCCCCCCCCOS(=O)(=O)O.O=C(O)C=CC(=O)O.[H-].[Na+]. The number of rotatable bonds is 20. The number of hydrogen-bond acceptors (Lipinski definition) is 5. The first-order valence-electron chi connectivity index (χ1n) is 11.4. The summed E-state index contributed by atoms with van der Waals surface area (Å²) in [4.78, 5) is 19.1.